The molecule has 0 amide bonds. The lowest BCUT2D eigenvalue weighted by Crippen LogP contribution is -2.09. The summed E-state index contributed by atoms with van der Waals surface area (Å²) in [5.74, 6) is 0.623. The minimum absolute atomic E-state index is 0.402. The van der Waals surface area contributed by atoms with Crippen molar-refractivity contribution in [3.05, 3.63) is 36.7 Å². The van der Waals surface area contributed by atoms with E-state index in [0.717, 1.165) is 16.6 Å². The summed E-state index contributed by atoms with van der Waals surface area (Å²) < 4.78 is 10.8. The van der Waals surface area contributed by atoms with Crippen molar-refractivity contribution >= 4 is 17.0 Å². The van der Waals surface area contributed by atoms with E-state index in [9.17, 15) is 4.79 Å². The number of hydrogen-bond acceptors (Lipinski definition) is 5. The van der Waals surface area contributed by atoms with Crippen LogP contribution >= 0.6 is 0 Å². The number of benzene rings is 1. The number of aromatic nitrogens is 3. The molecule has 0 aliphatic rings. The first-order valence-electron chi connectivity index (χ1n) is 7.09. The van der Waals surface area contributed by atoms with E-state index in [0.29, 0.717) is 23.9 Å². The molecule has 0 saturated carbocycles. The standard InChI is InChI=1S/C16H15N3O4/c1-2-22-14-7-10(23-9-15(20)21)3-4-11(14)16-18-12-5-6-17-8-13(12)19-16/h3-8H,2,9H2,1H3,(H,18,19)(H,20,21). The number of carboxylic acids is 1. The number of ether oxygens (including phenoxy) is 2. The summed E-state index contributed by atoms with van der Waals surface area (Å²) in [5, 5.41) is 8.68. The molecule has 3 aromatic rings. The highest BCUT2D eigenvalue weighted by Crippen LogP contribution is 2.33. The molecule has 0 aliphatic heterocycles. The maximum atomic E-state index is 10.6. The van der Waals surface area contributed by atoms with Gasteiger partial charge in [-0.1, -0.05) is 0 Å². The van der Waals surface area contributed by atoms with Crippen molar-refractivity contribution in [2.75, 3.05) is 13.2 Å². The number of carboxylic acid groups (broad SMARTS) is 1. The number of aromatic amines is 1. The van der Waals surface area contributed by atoms with Crippen molar-refractivity contribution in [2.24, 2.45) is 0 Å². The van der Waals surface area contributed by atoms with Gasteiger partial charge in [-0.05, 0) is 25.1 Å². The Balaban J connectivity index is 1.98. The highest BCUT2D eigenvalue weighted by atomic mass is 16.5. The second kappa shape index (κ2) is 6.35. The van der Waals surface area contributed by atoms with Crippen molar-refractivity contribution in [1.29, 1.82) is 0 Å². The second-order valence-corrected chi connectivity index (χ2v) is 4.75. The normalized spacial score (nSPS) is 10.7. The van der Waals surface area contributed by atoms with Gasteiger partial charge in [0, 0.05) is 12.3 Å². The van der Waals surface area contributed by atoms with E-state index in [1.54, 1.807) is 30.6 Å². The van der Waals surface area contributed by atoms with Crippen LogP contribution in [0.3, 0.4) is 0 Å². The molecule has 7 nitrogen and oxygen atoms in total. The average Bonchev–Trinajstić information content (AvgIpc) is 2.97. The van der Waals surface area contributed by atoms with Gasteiger partial charge in [-0.3, -0.25) is 4.98 Å². The van der Waals surface area contributed by atoms with Crippen LogP contribution in [0.2, 0.25) is 0 Å². The molecule has 0 saturated heterocycles. The zero-order chi connectivity index (χ0) is 16.2. The fraction of sp³-hybridized carbons (Fsp3) is 0.188. The predicted molar refractivity (Wildman–Crippen MR) is 83.6 cm³/mol. The smallest absolute Gasteiger partial charge is 0.341 e. The quantitative estimate of drug-likeness (QED) is 0.725. The lowest BCUT2D eigenvalue weighted by Gasteiger charge is -2.11. The third kappa shape index (κ3) is 3.23. The number of nitrogens with one attached hydrogen (secondary N) is 1. The number of pyridine rings is 1. The highest BCUT2D eigenvalue weighted by molar-refractivity contribution is 5.80. The van der Waals surface area contributed by atoms with Crippen LogP contribution in [-0.4, -0.2) is 39.2 Å². The average molecular weight is 313 g/mol. The number of imidazole rings is 1. The Morgan fingerprint density at radius 1 is 1.30 bits per heavy atom. The fourth-order valence-electron chi connectivity index (χ4n) is 2.19. The zero-order valence-electron chi connectivity index (χ0n) is 12.4. The largest absolute Gasteiger partial charge is 0.493 e. The number of nitrogens with zero attached hydrogens (tertiary/aromatic N) is 2. The van der Waals surface area contributed by atoms with Crippen LogP contribution in [0, 0.1) is 0 Å². The van der Waals surface area contributed by atoms with Crippen molar-refractivity contribution in [3.8, 4) is 22.9 Å². The fourth-order valence-corrected chi connectivity index (χ4v) is 2.19. The van der Waals surface area contributed by atoms with Gasteiger partial charge in [-0.2, -0.15) is 0 Å². The van der Waals surface area contributed by atoms with Gasteiger partial charge in [0.05, 0.1) is 23.9 Å². The van der Waals surface area contributed by atoms with E-state index in [-0.39, 0.29) is 0 Å². The molecule has 0 spiro atoms. The maximum Gasteiger partial charge on any atom is 0.341 e. The Morgan fingerprint density at radius 3 is 2.91 bits per heavy atom. The summed E-state index contributed by atoms with van der Waals surface area (Å²) in [4.78, 5) is 22.3. The van der Waals surface area contributed by atoms with Gasteiger partial charge < -0.3 is 19.6 Å². The van der Waals surface area contributed by atoms with E-state index in [4.69, 9.17) is 14.6 Å². The SMILES string of the molecule is CCOc1cc(OCC(=O)O)ccc1-c1nc2cnccc2[nH]1. The number of H-pyrrole nitrogens is 1. The molecule has 118 valence electrons. The maximum absolute atomic E-state index is 10.6. The van der Waals surface area contributed by atoms with Gasteiger partial charge in [-0.15, -0.1) is 0 Å². The van der Waals surface area contributed by atoms with Crippen LogP contribution in [0.1, 0.15) is 6.92 Å². The second-order valence-electron chi connectivity index (χ2n) is 4.75. The van der Waals surface area contributed by atoms with Gasteiger partial charge in [0.1, 0.15) is 22.8 Å². The Bertz CT molecular complexity index is 811. The molecule has 2 aromatic heterocycles. The third-order valence-electron chi connectivity index (χ3n) is 3.16. The molecule has 2 heterocycles. The Hall–Kier alpha value is -3.09. The van der Waals surface area contributed by atoms with Crippen LogP contribution in [0.5, 0.6) is 11.5 Å². The highest BCUT2D eigenvalue weighted by Gasteiger charge is 2.13. The van der Waals surface area contributed by atoms with Crippen molar-refractivity contribution in [2.45, 2.75) is 6.92 Å². The number of rotatable bonds is 6. The first-order valence-corrected chi connectivity index (χ1v) is 7.09. The van der Waals surface area contributed by atoms with E-state index < -0.39 is 12.6 Å². The minimum atomic E-state index is -1.03. The lowest BCUT2D eigenvalue weighted by atomic mass is 10.2. The zero-order valence-corrected chi connectivity index (χ0v) is 12.4. The predicted octanol–water partition coefficient (Wildman–Crippen LogP) is 2.49. The van der Waals surface area contributed by atoms with E-state index in [2.05, 4.69) is 15.0 Å². The third-order valence-corrected chi connectivity index (χ3v) is 3.16. The molecule has 0 unspecified atom stereocenters. The summed E-state index contributed by atoms with van der Waals surface area (Å²) in [7, 11) is 0. The number of aliphatic carboxylic acids is 1. The number of hydrogen-bond donors (Lipinski definition) is 2. The molecular weight excluding hydrogens is 298 g/mol. The summed E-state index contributed by atoms with van der Waals surface area (Å²) >= 11 is 0. The Labute approximate surface area is 131 Å². The Morgan fingerprint density at radius 2 is 2.17 bits per heavy atom. The molecule has 7 heteroatoms. The summed E-state index contributed by atoms with van der Waals surface area (Å²) in [6.07, 6.45) is 3.37. The summed E-state index contributed by atoms with van der Waals surface area (Å²) in [6.45, 7) is 1.94. The van der Waals surface area contributed by atoms with Gasteiger partial charge in [0.15, 0.2) is 6.61 Å². The molecule has 0 fully saturated rings. The van der Waals surface area contributed by atoms with Gasteiger partial charge in [0.2, 0.25) is 0 Å². The molecule has 2 N–H and O–H groups in total. The molecule has 3 rings (SSSR count). The van der Waals surface area contributed by atoms with Gasteiger partial charge >= 0.3 is 5.97 Å². The molecule has 0 aliphatic carbocycles. The van der Waals surface area contributed by atoms with Gasteiger partial charge in [-0.25, -0.2) is 9.78 Å². The van der Waals surface area contributed by atoms with Gasteiger partial charge in [0.25, 0.3) is 0 Å². The van der Waals surface area contributed by atoms with E-state index in [1.807, 2.05) is 13.0 Å². The van der Waals surface area contributed by atoms with Crippen molar-refractivity contribution in [3.63, 3.8) is 0 Å². The first-order chi connectivity index (χ1) is 11.2. The summed E-state index contributed by atoms with van der Waals surface area (Å²) in [5.41, 5.74) is 2.41. The molecule has 1 aromatic carbocycles. The van der Waals surface area contributed by atoms with E-state index in [1.165, 1.54) is 0 Å². The number of fused-ring (bicyclic) bond motifs is 1. The van der Waals surface area contributed by atoms with Crippen LogP contribution in [0.15, 0.2) is 36.7 Å². The number of carbonyl (C=O) groups is 1. The molecule has 0 atom stereocenters. The first kappa shape index (κ1) is 14.8. The molecular formula is C16H15N3O4. The molecule has 0 radical (unpaired) electrons. The Kier molecular flexibility index (Phi) is 4.09. The topological polar surface area (TPSA) is 97.3 Å². The van der Waals surface area contributed by atoms with E-state index >= 15 is 0 Å². The summed E-state index contributed by atoms with van der Waals surface area (Å²) in [6, 6.07) is 6.98. The van der Waals surface area contributed by atoms with Crippen LogP contribution in [0.25, 0.3) is 22.4 Å². The van der Waals surface area contributed by atoms with Crippen LogP contribution < -0.4 is 9.47 Å². The monoisotopic (exact) mass is 313 g/mol. The van der Waals surface area contributed by atoms with Crippen molar-refractivity contribution < 1.29 is 19.4 Å². The lowest BCUT2D eigenvalue weighted by molar-refractivity contribution is -0.139. The van der Waals surface area contributed by atoms with Crippen LogP contribution in [0.4, 0.5) is 0 Å². The minimum Gasteiger partial charge on any atom is -0.493 e. The molecule has 23 heavy (non-hydrogen) atoms. The molecule has 0 bridgehead atoms. The van der Waals surface area contributed by atoms with Crippen molar-refractivity contribution in [1.82, 2.24) is 15.0 Å². The van der Waals surface area contributed by atoms with Crippen LogP contribution in [-0.2, 0) is 4.79 Å².